The van der Waals surface area contributed by atoms with Gasteiger partial charge in [0.15, 0.2) is 5.69 Å². The molecule has 0 aliphatic carbocycles. The first kappa shape index (κ1) is 20.4. The fraction of sp³-hybridized carbons (Fsp3) is 0.333. The molecule has 2 aromatic heterocycles. The molecule has 1 aliphatic heterocycles. The highest BCUT2D eigenvalue weighted by Crippen LogP contribution is 2.33. The Hall–Kier alpha value is -2.86. The first-order valence-electron chi connectivity index (χ1n) is 8.88. The fourth-order valence-electron chi connectivity index (χ4n) is 3.49. The Morgan fingerprint density at radius 2 is 2.07 bits per heavy atom. The molecule has 0 atom stereocenters. The molecule has 0 radical (unpaired) electrons. The molecular formula is C18H17F3N6O2S. The molecular weight excluding hydrogens is 421 g/mol. The summed E-state index contributed by atoms with van der Waals surface area (Å²) in [5.41, 5.74) is 5.28. The number of anilines is 1. The monoisotopic (exact) mass is 438 g/mol. The zero-order chi connectivity index (χ0) is 21.6. The van der Waals surface area contributed by atoms with E-state index in [-0.39, 0.29) is 19.1 Å². The van der Waals surface area contributed by atoms with Crippen LogP contribution >= 0.6 is 11.8 Å². The van der Waals surface area contributed by atoms with Crippen molar-refractivity contribution in [2.24, 2.45) is 5.73 Å². The molecule has 0 fully saturated rings. The average molecular weight is 438 g/mol. The number of rotatable bonds is 4. The number of aromatic nitrogens is 4. The Balaban J connectivity index is 1.72. The summed E-state index contributed by atoms with van der Waals surface area (Å²) in [5, 5.41) is 9.56. The van der Waals surface area contributed by atoms with E-state index in [4.69, 9.17) is 5.73 Å². The number of aliphatic hydroxyl groups is 1. The zero-order valence-electron chi connectivity index (χ0n) is 15.8. The van der Waals surface area contributed by atoms with E-state index in [1.165, 1.54) is 11.8 Å². The smallest absolute Gasteiger partial charge is 0.392 e. The van der Waals surface area contributed by atoms with E-state index >= 15 is 0 Å². The molecule has 0 bridgehead atoms. The lowest BCUT2D eigenvalue weighted by molar-refractivity contribution is -0.141. The molecule has 0 unspecified atom stereocenters. The van der Waals surface area contributed by atoms with E-state index in [9.17, 15) is 23.1 Å². The number of benzene rings is 1. The molecule has 3 aromatic rings. The Morgan fingerprint density at radius 3 is 2.70 bits per heavy atom. The van der Waals surface area contributed by atoms with Crippen molar-refractivity contribution in [1.29, 1.82) is 0 Å². The number of nitrogens with zero attached hydrogens (tertiary/aromatic N) is 5. The molecule has 1 aliphatic rings. The van der Waals surface area contributed by atoms with Crippen LogP contribution in [0.2, 0.25) is 0 Å². The molecule has 4 rings (SSSR count). The number of primary amides is 1. The lowest BCUT2D eigenvalue weighted by atomic mass is 10.2. The standard InChI is InChI=1S/C18H17F3N6O2S/c1-30-13-5-12-11(4-9(13)8-28)24-14-7-26(2-3-27(12)14)17-23-6-10(16(22)29)15(25-17)18(19,20)21/h4-6,28H,2-3,7-8H2,1H3,(H2,22,29). The summed E-state index contributed by atoms with van der Waals surface area (Å²) in [6, 6.07) is 3.77. The molecule has 3 heterocycles. The molecule has 0 spiro atoms. The van der Waals surface area contributed by atoms with Gasteiger partial charge in [0, 0.05) is 24.2 Å². The summed E-state index contributed by atoms with van der Waals surface area (Å²) in [7, 11) is 0. The van der Waals surface area contributed by atoms with Gasteiger partial charge in [0.2, 0.25) is 5.95 Å². The molecule has 158 valence electrons. The van der Waals surface area contributed by atoms with E-state index < -0.39 is 23.3 Å². The van der Waals surface area contributed by atoms with E-state index in [1.807, 2.05) is 23.0 Å². The number of fused-ring (bicyclic) bond motifs is 3. The highest BCUT2D eigenvalue weighted by atomic mass is 32.2. The number of hydrogen-bond donors (Lipinski definition) is 2. The van der Waals surface area contributed by atoms with Gasteiger partial charge < -0.3 is 20.3 Å². The number of thioether (sulfide) groups is 1. The summed E-state index contributed by atoms with van der Waals surface area (Å²) in [4.78, 5) is 25.9. The number of nitrogens with two attached hydrogens (primary N) is 1. The van der Waals surface area contributed by atoms with Gasteiger partial charge in [-0.1, -0.05) is 0 Å². The van der Waals surface area contributed by atoms with Gasteiger partial charge in [-0.2, -0.15) is 13.2 Å². The van der Waals surface area contributed by atoms with Crippen LogP contribution in [-0.4, -0.2) is 43.3 Å². The van der Waals surface area contributed by atoms with Crippen molar-refractivity contribution in [3.8, 4) is 0 Å². The number of hydrogen-bond acceptors (Lipinski definition) is 7. The van der Waals surface area contributed by atoms with Gasteiger partial charge >= 0.3 is 6.18 Å². The first-order valence-corrected chi connectivity index (χ1v) is 10.1. The SMILES string of the molecule is CSc1cc2c(cc1CO)nc1n2CCN(c2ncc(C(N)=O)c(C(F)(F)F)n2)C1. The number of carbonyl (C=O) groups excluding carboxylic acids is 1. The maximum Gasteiger partial charge on any atom is 0.434 e. The minimum absolute atomic E-state index is 0.110. The average Bonchev–Trinajstić information content (AvgIpc) is 3.07. The molecule has 0 saturated carbocycles. The summed E-state index contributed by atoms with van der Waals surface area (Å²) in [6.45, 7) is 0.925. The number of imidazole rings is 1. The quantitative estimate of drug-likeness (QED) is 0.601. The predicted octanol–water partition coefficient (Wildman–Crippen LogP) is 2.18. The maximum atomic E-state index is 13.3. The molecule has 30 heavy (non-hydrogen) atoms. The lowest BCUT2D eigenvalue weighted by Gasteiger charge is -2.28. The molecule has 1 amide bonds. The van der Waals surface area contributed by atoms with Gasteiger partial charge in [0.05, 0.1) is 29.7 Å². The van der Waals surface area contributed by atoms with Gasteiger partial charge in [-0.05, 0) is 24.0 Å². The van der Waals surface area contributed by atoms with Gasteiger partial charge in [-0.25, -0.2) is 15.0 Å². The fourth-order valence-corrected chi connectivity index (χ4v) is 4.11. The maximum absolute atomic E-state index is 13.3. The lowest BCUT2D eigenvalue weighted by Crippen LogP contribution is -2.35. The van der Waals surface area contributed by atoms with Crippen molar-refractivity contribution >= 4 is 34.7 Å². The molecule has 3 N–H and O–H groups in total. The van der Waals surface area contributed by atoms with Crippen LogP contribution in [0.1, 0.15) is 27.4 Å². The van der Waals surface area contributed by atoms with Crippen LogP contribution in [0.3, 0.4) is 0 Å². The van der Waals surface area contributed by atoms with Crippen LogP contribution in [0, 0.1) is 0 Å². The predicted molar refractivity (Wildman–Crippen MR) is 104 cm³/mol. The number of aliphatic hydroxyl groups excluding tert-OH is 1. The highest BCUT2D eigenvalue weighted by molar-refractivity contribution is 7.98. The van der Waals surface area contributed by atoms with Crippen LogP contribution in [0.5, 0.6) is 0 Å². The van der Waals surface area contributed by atoms with Gasteiger partial charge in [0.25, 0.3) is 5.91 Å². The molecule has 8 nitrogen and oxygen atoms in total. The third-order valence-electron chi connectivity index (χ3n) is 4.92. The molecule has 12 heteroatoms. The van der Waals surface area contributed by atoms with E-state index in [1.54, 1.807) is 4.90 Å². The van der Waals surface area contributed by atoms with Gasteiger partial charge in [-0.3, -0.25) is 4.79 Å². The van der Waals surface area contributed by atoms with Crippen molar-refractivity contribution in [2.75, 3.05) is 17.7 Å². The Labute approximate surface area is 172 Å². The summed E-state index contributed by atoms with van der Waals surface area (Å²) < 4.78 is 42.0. The number of alkyl halides is 3. The summed E-state index contributed by atoms with van der Waals surface area (Å²) >= 11 is 1.52. The second kappa shape index (κ2) is 7.43. The van der Waals surface area contributed by atoms with E-state index in [2.05, 4.69) is 15.0 Å². The van der Waals surface area contributed by atoms with Gasteiger partial charge in [-0.15, -0.1) is 11.8 Å². The Bertz CT molecular complexity index is 1150. The van der Waals surface area contributed by atoms with Crippen LogP contribution in [0.4, 0.5) is 19.1 Å². The minimum Gasteiger partial charge on any atom is -0.392 e. The van der Waals surface area contributed by atoms with Crippen LogP contribution in [0.15, 0.2) is 23.2 Å². The van der Waals surface area contributed by atoms with Crippen molar-refractivity contribution in [3.05, 3.63) is 41.0 Å². The third-order valence-corrected chi connectivity index (χ3v) is 5.74. The Morgan fingerprint density at radius 1 is 1.30 bits per heavy atom. The summed E-state index contributed by atoms with van der Waals surface area (Å²) in [5.74, 6) is -0.736. The number of carbonyl (C=O) groups is 1. The molecule has 1 aromatic carbocycles. The van der Waals surface area contributed by atoms with Crippen LogP contribution in [-0.2, 0) is 25.9 Å². The first-order chi connectivity index (χ1) is 14.2. The summed E-state index contributed by atoms with van der Waals surface area (Å²) in [6.07, 6.45) is -2.11. The third kappa shape index (κ3) is 3.45. The normalized spacial score (nSPS) is 14.2. The number of amides is 1. The van der Waals surface area contributed by atoms with Crippen LogP contribution < -0.4 is 10.6 Å². The topological polar surface area (TPSA) is 110 Å². The highest BCUT2D eigenvalue weighted by Gasteiger charge is 2.38. The number of halogens is 3. The van der Waals surface area contributed by atoms with Crippen molar-refractivity contribution in [1.82, 2.24) is 19.5 Å². The molecule has 0 saturated heterocycles. The minimum atomic E-state index is -4.83. The largest absolute Gasteiger partial charge is 0.434 e. The van der Waals surface area contributed by atoms with E-state index in [0.717, 1.165) is 22.2 Å². The van der Waals surface area contributed by atoms with Gasteiger partial charge in [0.1, 0.15) is 5.82 Å². The second-order valence-corrected chi connectivity index (χ2v) is 7.55. The second-order valence-electron chi connectivity index (χ2n) is 6.71. The van der Waals surface area contributed by atoms with Crippen LogP contribution in [0.25, 0.3) is 11.0 Å². The van der Waals surface area contributed by atoms with Crippen molar-refractivity contribution in [3.63, 3.8) is 0 Å². The Kier molecular flexibility index (Phi) is 5.06. The van der Waals surface area contributed by atoms with Crippen molar-refractivity contribution < 1.29 is 23.1 Å². The van der Waals surface area contributed by atoms with E-state index in [0.29, 0.717) is 24.4 Å². The van der Waals surface area contributed by atoms with Crippen molar-refractivity contribution in [2.45, 2.75) is 30.8 Å². The zero-order valence-corrected chi connectivity index (χ0v) is 16.6.